The number of nitrogens with zero attached hydrogens (tertiary/aromatic N) is 1. The summed E-state index contributed by atoms with van der Waals surface area (Å²) in [5.41, 5.74) is 0. The van der Waals surface area contributed by atoms with E-state index in [1.807, 2.05) is 0 Å². The Labute approximate surface area is 114 Å². The molecule has 1 heterocycles. The minimum atomic E-state index is -1.26. The third-order valence-electron chi connectivity index (χ3n) is 2.89. The van der Waals surface area contributed by atoms with Crippen LogP contribution in [-0.2, 0) is 4.79 Å². The van der Waals surface area contributed by atoms with Gasteiger partial charge in [-0.3, -0.25) is 4.90 Å². The van der Waals surface area contributed by atoms with Crippen LogP contribution in [0.3, 0.4) is 0 Å². The summed E-state index contributed by atoms with van der Waals surface area (Å²) in [7, 11) is 0. The van der Waals surface area contributed by atoms with Gasteiger partial charge in [0.2, 0.25) is 0 Å². The molecule has 1 aromatic rings. The van der Waals surface area contributed by atoms with Gasteiger partial charge in [-0.1, -0.05) is 17.7 Å². The van der Waals surface area contributed by atoms with Gasteiger partial charge < -0.3 is 14.9 Å². The van der Waals surface area contributed by atoms with E-state index in [0.29, 0.717) is 10.8 Å². The van der Waals surface area contributed by atoms with Gasteiger partial charge in [-0.25, -0.2) is 9.59 Å². The van der Waals surface area contributed by atoms with E-state index < -0.39 is 24.2 Å². The minimum absolute atomic E-state index is 0.0266. The molecule has 0 unspecified atom stereocenters. The quantitative estimate of drug-likeness (QED) is 0.886. The summed E-state index contributed by atoms with van der Waals surface area (Å²) in [6, 6.07) is 5.61. The van der Waals surface area contributed by atoms with E-state index in [9.17, 15) is 9.59 Å². The summed E-state index contributed by atoms with van der Waals surface area (Å²) < 4.78 is 5.56. The van der Waals surface area contributed by atoms with Gasteiger partial charge in [0, 0.05) is 11.4 Å². The molecule has 2 atom stereocenters. The molecule has 1 saturated heterocycles. The van der Waals surface area contributed by atoms with Gasteiger partial charge in [0.15, 0.2) is 0 Å². The van der Waals surface area contributed by atoms with Gasteiger partial charge in [-0.2, -0.15) is 0 Å². The van der Waals surface area contributed by atoms with Crippen LogP contribution in [0.2, 0.25) is 5.02 Å². The molecule has 1 aromatic carbocycles. The molecule has 2 N–H and O–H groups in total. The van der Waals surface area contributed by atoms with E-state index in [-0.39, 0.29) is 13.0 Å². The standard InChI is InChI=1S/C12H12ClNO5/c13-7-2-1-3-8(4-7)19-9-5-10(11(15)16)14(6-9)12(17)18/h1-4,9-10H,5-6H2,(H,15,16)(H,17,18)/t9-,10-/m0/s1. The van der Waals surface area contributed by atoms with Crippen molar-refractivity contribution in [1.29, 1.82) is 0 Å². The highest BCUT2D eigenvalue weighted by Gasteiger charge is 2.40. The molecule has 19 heavy (non-hydrogen) atoms. The molecule has 7 heteroatoms. The van der Waals surface area contributed by atoms with Crippen LogP contribution in [0, 0.1) is 0 Å². The van der Waals surface area contributed by atoms with E-state index in [1.165, 1.54) is 0 Å². The first kappa shape index (κ1) is 13.5. The zero-order valence-corrected chi connectivity index (χ0v) is 10.6. The molecule has 0 aliphatic carbocycles. The maximum absolute atomic E-state index is 11.0. The van der Waals surface area contributed by atoms with E-state index in [0.717, 1.165) is 4.90 Å². The van der Waals surface area contributed by atoms with E-state index in [4.69, 9.17) is 26.6 Å². The maximum Gasteiger partial charge on any atom is 0.408 e. The number of carboxylic acid groups (broad SMARTS) is 2. The van der Waals surface area contributed by atoms with Gasteiger partial charge in [-0.15, -0.1) is 0 Å². The number of aliphatic carboxylic acids is 1. The first-order valence-electron chi connectivity index (χ1n) is 5.62. The Morgan fingerprint density at radius 3 is 2.63 bits per heavy atom. The van der Waals surface area contributed by atoms with Crippen LogP contribution in [0.15, 0.2) is 24.3 Å². The summed E-state index contributed by atoms with van der Waals surface area (Å²) in [5, 5.41) is 18.4. The van der Waals surface area contributed by atoms with Crippen LogP contribution in [0.5, 0.6) is 5.75 Å². The summed E-state index contributed by atoms with van der Waals surface area (Å²) in [6.07, 6.45) is -1.63. The summed E-state index contributed by atoms with van der Waals surface area (Å²) in [6.45, 7) is 0.0266. The molecule has 102 valence electrons. The number of hydrogen-bond acceptors (Lipinski definition) is 3. The highest BCUT2D eigenvalue weighted by Crippen LogP contribution is 2.25. The summed E-state index contributed by atoms with van der Waals surface area (Å²) in [4.78, 5) is 22.8. The van der Waals surface area contributed by atoms with Gasteiger partial charge in [0.25, 0.3) is 0 Å². The molecule has 0 radical (unpaired) electrons. The number of amides is 1. The normalized spacial score (nSPS) is 22.3. The maximum atomic E-state index is 11.0. The third kappa shape index (κ3) is 3.08. The molecule has 2 rings (SSSR count). The largest absolute Gasteiger partial charge is 0.488 e. The van der Waals surface area contributed by atoms with Crippen molar-refractivity contribution < 1.29 is 24.5 Å². The van der Waals surface area contributed by atoms with E-state index in [2.05, 4.69) is 0 Å². The molecule has 1 aliphatic heterocycles. The highest BCUT2D eigenvalue weighted by atomic mass is 35.5. The SMILES string of the molecule is O=C(O)[C@@H]1C[C@H](Oc2cccc(Cl)c2)CN1C(=O)O. The van der Waals surface area contributed by atoms with Crippen LogP contribution in [0.1, 0.15) is 6.42 Å². The lowest BCUT2D eigenvalue weighted by molar-refractivity contribution is -0.141. The fourth-order valence-corrected chi connectivity index (χ4v) is 2.24. The highest BCUT2D eigenvalue weighted by molar-refractivity contribution is 6.30. The molecule has 1 aliphatic rings. The predicted octanol–water partition coefficient (Wildman–Crippen LogP) is 1.92. The lowest BCUT2D eigenvalue weighted by Gasteiger charge is -2.16. The molecule has 6 nitrogen and oxygen atoms in total. The van der Waals surface area contributed by atoms with Crippen molar-refractivity contribution >= 4 is 23.7 Å². The molecule has 1 fully saturated rings. The van der Waals surface area contributed by atoms with Crippen molar-refractivity contribution in [2.45, 2.75) is 18.6 Å². The van der Waals surface area contributed by atoms with E-state index >= 15 is 0 Å². The zero-order chi connectivity index (χ0) is 14.0. The van der Waals surface area contributed by atoms with Crippen LogP contribution in [0.4, 0.5) is 4.79 Å². The Morgan fingerprint density at radius 1 is 1.37 bits per heavy atom. The van der Waals surface area contributed by atoms with Gasteiger partial charge in [-0.05, 0) is 18.2 Å². The number of ether oxygens (including phenoxy) is 1. The second-order valence-corrected chi connectivity index (χ2v) is 4.66. The fraction of sp³-hybridized carbons (Fsp3) is 0.333. The van der Waals surface area contributed by atoms with Gasteiger partial charge in [0.05, 0.1) is 6.54 Å². The van der Waals surface area contributed by atoms with Crippen molar-refractivity contribution in [2.75, 3.05) is 6.54 Å². The van der Waals surface area contributed by atoms with Crippen molar-refractivity contribution in [2.24, 2.45) is 0 Å². The number of rotatable bonds is 3. The summed E-state index contributed by atoms with van der Waals surface area (Å²) >= 11 is 5.81. The fourth-order valence-electron chi connectivity index (χ4n) is 2.06. The van der Waals surface area contributed by atoms with Crippen molar-refractivity contribution in [1.82, 2.24) is 4.90 Å². The Hall–Kier alpha value is -1.95. The lowest BCUT2D eigenvalue weighted by Crippen LogP contribution is -2.39. The van der Waals surface area contributed by atoms with Gasteiger partial charge >= 0.3 is 12.1 Å². The Balaban J connectivity index is 2.07. The number of carboxylic acids is 1. The zero-order valence-electron chi connectivity index (χ0n) is 9.82. The van der Waals surface area contributed by atoms with Crippen LogP contribution < -0.4 is 4.74 Å². The number of benzene rings is 1. The molecule has 0 bridgehead atoms. The summed E-state index contributed by atoms with van der Waals surface area (Å²) in [5.74, 6) is -0.673. The molecule has 0 spiro atoms. The van der Waals surface area contributed by atoms with E-state index in [1.54, 1.807) is 24.3 Å². The van der Waals surface area contributed by atoms with Crippen molar-refractivity contribution in [3.8, 4) is 5.75 Å². The Kier molecular flexibility index (Phi) is 3.80. The second-order valence-electron chi connectivity index (χ2n) is 4.22. The number of likely N-dealkylation sites (tertiary alicyclic amines) is 1. The number of carbonyl (C=O) groups is 2. The Bertz CT molecular complexity index is 485. The first-order chi connectivity index (χ1) is 8.97. The van der Waals surface area contributed by atoms with Gasteiger partial charge in [0.1, 0.15) is 17.9 Å². The molecular weight excluding hydrogens is 274 g/mol. The van der Waals surface area contributed by atoms with Crippen LogP contribution >= 0.6 is 11.6 Å². The van der Waals surface area contributed by atoms with Crippen LogP contribution in [-0.4, -0.2) is 45.9 Å². The number of hydrogen-bond donors (Lipinski definition) is 2. The predicted molar refractivity (Wildman–Crippen MR) is 66.6 cm³/mol. The van der Waals surface area contributed by atoms with Crippen molar-refractivity contribution in [3.63, 3.8) is 0 Å². The molecule has 1 amide bonds. The first-order valence-corrected chi connectivity index (χ1v) is 6.00. The number of halogens is 1. The second kappa shape index (κ2) is 5.36. The molecular formula is C12H12ClNO5. The smallest absolute Gasteiger partial charge is 0.408 e. The lowest BCUT2D eigenvalue weighted by atomic mass is 10.2. The average Bonchev–Trinajstić information content (AvgIpc) is 2.73. The topological polar surface area (TPSA) is 87.1 Å². The monoisotopic (exact) mass is 285 g/mol. The molecule has 0 aromatic heterocycles. The molecule has 0 saturated carbocycles. The third-order valence-corrected chi connectivity index (χ3v) is 3.13. The average molecular weight is 286 g/mol. The minimum Gasteiger partial charge on any atom is -0.488 e. The Morgan fingerprint density at radius 2 is 2.11 bits per heavy atom. The van der Waals surface area contributed by atoms with Crippen molar-refractivity contribution in [3.05, 3.63) is 29.3 Å². The van der Waals surface area contributed by atoms with Crippen LogP contribution in [0.25, 0.3) is 0 Å².